The molecule has 0 radical (unpaired) electrons. The number of nitrogens with two attached hydrogens (primary N) is 3. The molecule has 504 valence electrons. The predicted molar refractivity (Wildman–Crippen MR) is 315 cm³/mol. The standard InChI is InChI=1S/C55H84N16O20/c1-28-47(80)60-29(2)48(81)63-33(12-8-20-69(89)26-72)50(83)66-35(11-5-7-18-57)55(88)91-30(3)45(54(87)61-28)68-51(84)32(10-4-6-17-56)64-49(82)34(13-9-21-70(90)27-73)65-52(85)37(24-44(78)79)67-53(86)38-16-19-59-46-36(62-43(77)15-14-42(58)76)22-31-23-40(74)41(75)25-39(31)71(38)46/h22-23,25-30,32-35,37-38,45-46,59,74-75,89-90H,4-21,24,56-57H2,1-3H3,(H2,58,76)(H,60,80)(H,61,87)(H,62,77)(H,63,81)(H,64,82)(H,65,85)(H,66,83)(H,67,86)(H,68,84)(H,78,79)/t28?,29?,30-,32-,33+,34+,35+,37-,38-,45?,46?/m1/s1. The number of ether oxygens (including phenoxy) is 1. The Morgan fingerprint density at radius 3 is 1.89 bits per heavy atom. The summed E-state index contributed by atoms with van der Waals surface area (Å²) in [5.41, 5.74) is 17.2. The van der Waals surface area contributed by atoms with Gasteiger partial charge in [-0.15, -0.1) is 0 Å². The Hall–Kier alpha value is -9.26. The normalized spacial score (nSPS) is 22.1. The van der Waals surface area contributed by atoms with E-state index in [4.69, 9.17) is 21.9 Å². The molecular weight excluding hydrogens is 1200 g/mol. The smallest absolute Gasteiger partial charge is 0.328 e. The van der Waals surface area contributed by atoms with Crippen LogP contribution in [0.25, 0.3) is 6.08 Å². The van der Waals surface area contributed by atoms with Crippen LogP contribution in [0.4, 0.5) is 5.69 Å². The number of hydrogen-bond donors (Lipinski definition) is 18. The van der Waals surface area contributed by atoms with Crippen molar-refractivity contribution in [2.24, 2.45) is 17.2 Å². The van der Waals surface area contributed by atoms with Crippen LogP contribution in [-0.2, 0) is 71.9 Å². The molecule has 3 aliphatic heterocycles. The Bertz CT molecular complexity index is 2850. The van der Waals surface area contributed by atoms with E-state index >= 15 is 0 Å². The van der Waals surface area contributed by atoms with E-state index in [1.54, 1.807) is 0 Å². The maximum Gasteiger partial charge on any atom is 0.328 e. The number of benzene rings is 1. The molecule has 1 aromatic carbocycles. The number of hydroxylamine groups is 4. The van der Waals surface area contributed by atoms with E-state index in [-0.39, 0.29) is 132 Å². The van der Waals surface area contributed by atoms with Crippen molar-refractivity contribution in [2.45, 2.75) is 177 Å². The number of rotatable bonds is 32. The Morgan fingerprint density at radius 2 is 1.26 bits per heavy atom. The molecule has 0 aromatic heterocycles. The Balaban J connectivity index is 1.68. The zero-order valence-electron chi connectivity index (χ0n) is 50.6. The molecule has 4 rings (SSSR count). The number of anilines is 1. The highest BCUT2D eigenvalue weighted by Crippen LogP contribution is 2.41. The number of unbranched alkanes of at least 4 members (excludes halogenated alkanes) is 2. The number of nitrogens with zero attached hydrogens (tertiary/aromatic N) is 3. The first kappa shape index (κ1) is 74.2. The number of esters is 1. The minimum atomic E-state index is -1.97. The van der Waals surface area contributed by atoms with Crippen LogP contribution in [0.2, 0.25) is 0 Å². The topological polar surface area (TPSA) is 557 Å². The molecule has 2 saturated heterocycles. The van der Waals surface area contributed by atoms with E-state index in [1.165, 1.54) is 31.7 Å². The summed E-state index contributed by atoms with van der Waals surface area (Å²) in [4.78, 5) is 188. The van der Waals surface area contributed by atoms with Crippen molar-refractivity contribution in [3.05, 3.63) is 23.4 Å². The van der Waals surface area contributed by atoms with Crippen LogP contribution in [0, 0.1) is 0 Å². The fourth-order valence-electron chi connectivity index (χ4n) is 9.91. The summed E-state index contributed by atoms with van der Waals surface area (Å²) in [6.45, 7) is 3.35. The lowest BCUT2D eigenvalue weighted by Gasteiger charge is -2.47. The molecule has 2 fully saturated rings. The number of nitrogens with one attached hydrogen (secondary N) is 10. The minimum Gasteiger partial charge on any atom is -0.504 e. The molecule has 12 amide bonds. The fraction of sp³-hybridized carbons (Fsp3) is 0.600. The van der Waals surface area contributed by atoms with Gasteiger partial charge >= 0.3 is 11.9 Å². The van der Waals surface area contributed by atoms with E-state index in [1.807, 2.05) is 0 Å². The maximum absolute atomic E-state index is 14.6. The number of fused-ring (bicyclic) bond motifs is 3. The third-order valence-corrected chi connectivity index (χ3v) is 14.8. The van der Waals surface area contributed by atoms with Gasteiger partial charge in [0.15, 0.2) is 11.5 Å². The first-order valence-electron chi connectivity index (χ1n) is 29.6. The first-order chi connectivity index (χ1) is 43.1. The van der Waals surface area contributed by atoms with Crippen molar-refractivity contribution >= 4 is 95.6 Å². The van der Waals surface area contributed by atoms with Crippen molar-refractivity contribution < 1.29 is 97.6 Å². The van der Waals surface area contributed by atoms with Crippen molar-refractivity contribution in [1.82, 2.24) is 63.3 Å². The van der Waals surface area contributed by atoms with Gasteiger partial charge in [0.25, 0.3) is 0 Å². The molecule has 36 heteroatoms. The van der Waals surface area contributed by atoms with Gasteiger partial charge in [0.05, 0.1) is 17.8 Å². The van der Waals surface area contributed by atoms with Crippen LogP contribution in [-0.4, -0.2) is 219 Å². The van der Waals surface area contributed by atoms with Gasteiger partial charge in [-0.1, -0.05) is 0 Å². The van der Waals surface area contributed by atoms with E-state index in [0.29, 0.717) is 11.5 Å². The molecule has 21 N–H and O–H groups in total. The van der Waals surface area contributed by atoms with Crippen molar-refractivity contribution in [3.63, 3.8) is 0 Å². The molecule has 0 bridgehead atoms. The molecule has 36 nitrogen and oxygen atoms in total. The van der Waals surface area contributed by atoms with Gasteiger partial charge in [0, 0.05) is 37.6 Å². The number of carbonyl (C=O) groups excluding carboxylic acids is 13. The summed E-state index contributed by atoms with van der Waals surface area (Å²) >= 11 is 0. The van der Waals surface area contributed by atoms with Crippen LogP contribution < -0.4 is 75.3 Å². The van der Waals surface area contributed by atoms with Crippen molar-refractivity contribution in [2.75, 3.05) is 37.6 Å². The highest BCUT2D eigenvalue weighted by molar-refractivity contribution is 6.00. The quantitative estimate of drug-likeness (QED) is 0.00798. The van der Waals surface area contributed by atoms with Crippen molar-refractivity contribution in [3.8, 4) is 11.5 Å². The number of carbonyl (C=O) groups is 14. The molecule has 1 aromatic rings. The summed E-state index contributed by atoms with van der Waals surface area (Å²) in [6.07, 6.45) is -3.08. The Labute approximate surface area is 522 Å². The number of primary amides is 1. The van der Waals surface area contributed by atoms with Crippen LogP contribution in [0.5, 0.6) is 11.5 Å². The lowest BCUT2D eigenvalue weighted by atomic mass is 9.95. The van der Waals surface area contributed by atoms with E-state index in [2.05, 4.69) is 53.2 Å². The number of cyclic esters (lactones) is 1. The second kappa shape index (κ2) is 36.4. The summed E-state index contributed by atoms with van der Waals surface area (Å²) in [6, 6.07) is -12.0. The van der Waals surface area contributed by atoms with Gasteiger partial charge in [0.1, 0.15) is 66.6 Å². The fourth-order valence-corrected chi connectivity index (χ4v) is 9.91. The monoisotopic (exact) mass is 1290 g/mol. The second-order valence-corrected chi connectivity index (χ2v) is 22.0. The number of hydrogen-bond acceptors (Lipinski definition) is 23. The van der Waals surface area contributed by atoms with E-state index < -0.39 is 169 Å². The van der Waals surface area contributed by atoms with Crippen LogP contribution in [0.3, 0.4) is 0 Å². The van der Waals surface area contributed by atoms with Crippen LogP contribution in [0.15, 0.2) is 17.8 Å². The molecule has 4 unspecified atom stereocenters. The van der Waals surface area contributed by atoms with Gasteiger partial charge in [0.2, 0.25) is 71.9 Å². The SMILES string of the molecule is CC1NC(=O)C(C)NC(=O)C(NC(=O)[C@@H](CCCCN)NC(=O)[C@H](CCCN(O)C=O)NC(=O)[C@@H](CC(=O)O)NC(=O)[C@H]2CCNC3C(NC(=O)CCC(N)=O)=Cc4cc(O)c(O)cc4N32)[C@@H](C)OC(=O)[C@H](CCCCN)NC(=O)[C@H](CCCN(O)C=O)NC1=O. The Morgan fingerprint density at radius 1 is 0.703 bits per heavy atom. The lowest BCUT2D eigenvalue weighted by molar-refractivity contribution is -0.156. The van der Waals surface area contributed by atoms with E-state index in [0.717, 1.165) is 12.1 Å². The minimum absolute atomic E-state index is 0.0368. The maximum atomic E-state index is 14.6. The number of amides is 12. The van der Waals surface area contributed by atoms with E-state index in [9.17, 15) is 92.9 Å². The van der Waals surface area contributed by atoms with Gasteiger partial charge in [-0.3, -0.25) is 78.1 Å². The molecule has 3 heterocycles. The van der Waals surface area contributed by atoms with Crippen molar-refractivity contribution in [1.29, 1.82) is 0 Å². The molecule has 91 heavy (non-hydrogen) atoms. The van der Waals surface area contributed by atoms with Gasteiger partial charge in [-0.25, -0.2) is 14.9 Å². The number of carboxylic acid groups (broad SMARTS) is 1. The number of aromatic hydroxyl groups is 2. The zero-order valence-corrected chi connectivity index (χ0v) is 50.6. The number of phenolic OH excluding ortho intramolecular Hbond substituents is 2. The zero-order chi connectivity index (χ0) is 67.6. The first-order valence-corrected chi connectivity index (χ1v) is 29.6. The number of aliphatic carboxylic acids is 1. The third-order valence-electron chi connectivity index (χ3n) is 14.8. The number of phenols is 2. The molecule has 0 aliphatic carbocycles. The van der Waals surface area contributed by atoms with Crippen LogP contribution in [0.1, 0.15) is 116 Å². The average molecular weight is 1290 g/mol. The number of carboxylic acids is 1. The van der Waals surface area contributed by atoms with Crippen LogP contribution >= 0.6 is 0 Å². The highest BCUT2D eigenvalue weighted by Gasteiger charge is 2.43. The summed E-state index contributed by atoms with van der Waals surface area (Å²) < 4.78 is 5.75. The predicted octanol–water partition coefficient (Wildman–Crippen LogP) is -5.82. The highest BCUT2D eigenvalue weighted by atomic mass is 16.5. The molecule has 0 spiro atoms. The molecule has 3 aliphatic rings. The summed E-state index contributed by atoms with van der Waals surface area (Å²) in [5, 5.41) is 76.7. The van der Waals surface area contributed by atoms with Gasteiger partial charge in [-0.2, -0.15) is 0 Å². The molecule has 0 saturated carbocycles. The second-order valence-electron chi connectivity index (χ2n) is 22.0. The van der Waals surface area contributed by atoms with Gasteiger partial charge in [-0.05, 0) is 123 Å². The molecular formula is C55H84N16O20. The lowest BCUT2D eigenvalue weighted by Crippen LogP contribution is -2.65. The largest absolute Gasteiger partial charge is 0.504 e. The third kappa shape index (κ3) is 22.9. The molecule has 11 atom stereocenters. The van der Waals surface area contributed by atoms with Gasteiger partial charge < -0.3 is 90.0 Å². The summed E-state index contributed by atoms with van der Waals surface area (Å²) in [5.74, 6) is -13.7. The average Bonchev–Trinajstić information content (AvgIpc) is 0.774. The Kier molecular flexibility index (Phi) is 29.7. The summed E-state index contributed by atoms with van der Waals surface area (Å²) in [7, 11) is 0.